The molecule has 0 amide bonds. The van der Waals surface area contributed by atoms with Gasteiger partial charge in [0.2, 0.25) is 0 Å². The lowest BCUT2D eigenvalue weighted by Gasteiger charge is -2.25. The second-order valence-corrected chi connectivity index (χ2v) is 4.83. The van der Waals surface area contributed by atoms with Crippen molar-refractivity contribution in [3.05, 3.63) is 29.3 Å². The smallest absolute Gasteiger partial charge is 0.319 e. The minimum atomic E-state index is -0.244. The van der Waals surface area contributed by atoms with Gasteiger partial charge in [-0.1, -0.05) is 23.7 Å². The summed E-state index contributed by atoms with van der Waals surface area (Å²) in [6.45, 7) is 5.42. The number of hydrogen-bond donors (Lipinski definition) is 0. The fourth-order valence-electron chi connectivity index (χ4n) is 1.58. The zero-order valence-corrected chi connectivity index (χ0v) is 12.3. The summed E-state index contributed by atoms with van der Waals surface area (Å²) in [5, 5.41) is 0.589. The molecular weight excluding hydrogens is 266 g/mol. The van der Waals surface area contributed by atoms with Crippen LogP contribution in [0.25, 0.3) is 0 Å². The Balaban J connectivity index is 2.44. The highest BCUT2D eigenvalue weighted by atomic mass is 35.5. The first-order valence-corrected chi connectivity index (χ1v) is 6.60. The van der Waals surface area contributed by atoms with Crippen LogP contribution in [0.15, 0.2) is 24.3 Å². The van der Waals surface area contributed by atoms with E-state index in [0.29, 0.717) is 23.9 Å². The van der Waals surface area contributed by atoms with Crippen LogP contribution >= 0.6 is 11.6 Å². The highest BCUT2D eigenvalue weighted by Crippen LogP contribution is 2.22. The molecular formula is C14H20ClNO3. The van der Waals surface area contributed by atoms with Gasteiger partial charge in [0.1, 0.15) is 12.4 Å². The summed E-state index contributed by atoms with van der Waals surface area (Å²) >= 11 is 6.00. The monoisotopic (exact) mass is 285 g/mol. The summed E-state index contributed by atoms with van der Waals surface area (Å²) in [6, 6.07) is 7.57. The van der Waals surface area contributed by atoms with E-state index in [1.54, 1.807) is 6.07 Å². The SMILES string of the molecule is COC(=O)CN(CCOc1ccccc1Cl)C(C)C. The van der Waals surface area contributed by atoms with Crippen LogP contribution in [-0.2, 0) is 9.53 Å². The second kappa shape index (κ2) is 8.02. The van der Waals surface area contributed by atoms with Gasteiger partial charge >= 0.3 is 5.97 Å². The summed E-state index contributed by atoms with van der Waals surface area (Å²) in [6.07, 6.45) is 0. The lowest BCUT2D eigenvalue weighted by atomic mass is 10.3. The molecule has 0 radical (unpaired) electrons. The molecule has 0 bridgehead atoms. The maximum Gasteiger partial charge on any atom is 0.319 e. The number of methoxy groups -OCH3 is 1. The molecule has 106 valence electrons. The molecule has 0 aliphatic carbocycles. The minimum Gasteiger partial charge on any atom is -0.491 e. The normalized spacial score (nSPS) is 10.8. The zero-order chi connectivity index (χ0) is 14.3. The van der Waals surface area contributed by atoms with Gasteiger partial charge in [-0.25, -0.2) is 0 Å². The van der Waals surface area contributed by atoms with Crippen LogP contribution in [0.2, 0.25) is 5.02 Å². The molecule has 0 N–H and O–H groups in total. The first-order chi connectivity index (χ1) is 9.04. The summed E-state index contributed by atoms with van der Waals surface area (Å²) in [4.78, 5) is 13.3. The molecule has 5 heteroatoms. The summed E-state index contributed by atoms with van der Waals surface area (Å²) in [5.74, 6) is 0.414. The van der Waals surface area contributed by atoms with E-state index in [0.717, 1.165) is 0 Å². The van der Waals surface area contributed by atoms with Gasteiger partial charge in [0.15, 0.2) is 0 Å². The van der Waals surface area contributed by atoms with Crippen molar-refractivity contribution >= 4 is 17.6 Å². The molecule has 0 fully saturated rings. The van der Waals surface area contributed by atoms with E-state index in [2.05, 4.69) is 4.74 Å². The van der Waals surface area contributed by atoms with Gasteiger partial charge < -0.3 is 9.47 Å². The molecule has 0 heterocycles. The predicted octanol–water partition coefficient (Wildman–Crippen LogP) is 2.60. The lowest BCUT2D eigenvalue weighted by Crippen LogP contribution is -2.39. The van der Waals surface area contributed by atoms with E-state index in [4.69, 9.17) is 16.3 Å². The van der Waals surface area contributed by atoms with Gasteiger partial charge in [-0.15, -0.1) is 0 Å². The third-order valence-electron chi connectivity index (χ3n) is 2.76. The lowest BCUT2D eigenvalue weighted by molar-refractivity contribution is -0.142. The molecule has 0 saturated carbocycles. The Morgan fingerprint density at radius 1 is 1.37 bits per heavy atom. The van der Waals surface area contributed by atoms with Crippen LogP contribution in [0.3, 0.4) is 0 Å². The Morgan fingerprint density at radius 3 is 2.63 bits per heavy atom. The summed E-state index contributed by atoms with van der Waals surface area (Å²) < 4.78 is 10.3. The van der Waals surface area contributed by atoms with Gasteiger partial charge in [-0.2, -0.15) is 0 Å². The fraction of sp³-hybridized carbons (Fsp3) is 0.500. The number of hydrogen-bond acceptors (Lipinski definition) is 4. The van der Waals surface area contributed by atoms with Crippen LogP contribution in [0.5, 0.6) is 5.75 Å². The van der Waals surface area contributed by atoms with Crippen molar-refractivity contribution in [2.24, 2.45) is 0 Å². The van der Waals surface area contributed by atoms with Gasteiger partial charge in [-0.3, -0.25) is 9.69 Å². The van der Waals surface area contributed by atoms with Crippen molar-refractivity contribution in [1.29, 1.82) is 0 Å². The number of para-hydroxylation sites is 1. The molecule has 1 aromatic rings. The quantitative estimate of drug-likeness (QED) is 0.722. The van der Waals surface area contributed by atoms with E-state index in [9.17, 15) is 4.79 Å². The number of carbonyl (C=O) groups excluding carboxylic acids is 1. The van der Waals surface area contributed by atoms with Gasteiger partial charge in [-0.05, 0) is 26.0 Å². The molecule has 0 aromatic heterocycles. The highest BCUT2D eigenvalue weighted by molar-refractivity contribution is 6.32. The van der Waals surface area contributed by atoms with Crippen molar-refractivity contribution in [2.45, 2.75) is 19.9 Å². The number of rotatable bonds is 7. The van der Waals surface area contributed by atoms with Gasteiger partial charge in [0.25, 0.3) is 0 Å². The number of benzene rings is 1. The van der Waals surface area contributed by atoms with Crippen LogP contribution in [0, 0.1) is 0 Å². The topological polar surface area (TPSA) is 38.8 Å². The Bertz CT molecular complexity index is 409. The van der Waals surface area contributed by atoms with Gasteiger partial charge in [0.05, 0.1) is 18.7 Å². The van der Waals surface area contributed by atoms with Gasteiger partial charge in [0, 0.05) is 12.6 Å². The van der Waals surface area contributed by atoms with Crippen LogP contribution < -0.4 is 4.74 Å². The van der Waals surface area contributed by atoms with Crippen LogP contribution in [0.1, 0.15) is 13.8 Å². The van der Waals surface area contributed by atoms with Crippen molar-refractivity contribution in [2.75, 3.05) is 26.8 Å². The standard InChI is InChI=1S/C14H20ClNO3/c1-11(2)16(10-14(17)18-3)8-9-19-13-7-5-4-6-12(13)15/h4-7,11H,8-10H2,1-3H3. The number of carbonyl (C=O) groups is 1. The van der Waals surface area contributed by atoms with Crippen molar-refractivity contribution < 1.29 is 14.3 Å². The average Bonchev–Trinajstić information content (AvgIpc) is 2.39. The maximum atomic E-state index is 11.3. The molecule has 0 aliphatic rings. The molecule has 0 spiro atoms. The Labute approximate surface area is 119 Å². The van der Waals surface area contributed by atoms with E-state index < -0.39 is 0 Å². The Kier molecular flexibility index (Phi) is 6.67. The van der Waals surface area contributed by atoms with E-state index in [1.807, 2.05) is 36.9 Å². The van der Waals surface area contributed by atoms with E-state index in [-0.39, 0.29) is 18.6 Å². The molecule has 4 nitrogen and oxygen atoms in total. The van der Waals surface area contributed by atoms with Crippen molar-refractivity contribution in [1.82, 2.24) is 4.90 Å². The van der Waals surface area contributed by atoms with Crippen LogP contribution in [-0.4, -0.2) is 43.7 Å². The summed E-state index contributed by atoms with van der Waals surface area (Å²) in [7, 11) is 1.39. The molecule has 1 aromatic carbocycles. The fourth-order valence-corrected chi connectivity index (χ4v) is 1.78. The molecule has 0 atom stereocenters. The number of ether oxygens (including phenoxy) is 2. The molecule has 1 rings (SSSR count). The highest BCUT2D eigenvalue weighted by Gasteiger charge is 2.14. The van der Waals surface area contributed by atoms with Crippen molar-refractivity contribution in [3.63, 3.8) is 0 Å². The second-order valence-electron chi connectivity index (χ2n) is 4.42. The molecule has 0 aliphatic heterocycles. The predicted molar refractivity (Wildman–Crippen MR) is 75.7 cm³/mol. The molecule has 0 unspecified atom stereocenters. The third kappa shape index (κ3) is 5.49. The van der Waals surface area contributed by atoms with Crippen LogP contribution in [0.4, 0.5) is 0 Å². The minimum absolute atomic E-state index is 0.244. The number of esters is 1. The third-order valence-corrected chi connectivity index (χ3v) is 3.08. The largest absolute Gasteiger partial charge is 0.491 e. The van der Waals surface area contributed by atoms with E-state index in [1.165, 1.54) is 7.11 Å². The first-order valence-electron chi connectivity index (χ1n) is 6.22. The Hall–Kier alpha value is -1.26. The number of nitrogens with zero attached hydrogens (tertiary/aromatic N) is 1. The average molecular weight is 286 g/mol. The van der Waals surface area contributed by atoms with Crippen molar-refractivity contribution in [3.8, 4) is 5.75 Å². The number of halogens is 1. The zero-order valence-electron chi connectivity index (χ0n) is 11.6. The van der Waals surface area contributed by atoms with E-state index >= 15 is 0 Å². The summed E-state index contributed by atoms with van der Waals surface area (Å²) in [5.41, 5.74) is 0. The first kappa shape index (κ1) is 15.8. The Morgan fingerprint density at radius 2 is 2.05 bits per heavy atom. The molecule has 0 saturated heterocycles. The molecule has 19 heavy (non-hydrogen) atoms. The maximum absolute atomic E-state index is 11.3.